The zero-order valence-electron chi connectivity index (χ0n) is 7.00. The summed E-state index contributed by atoms with van der Waals surface area (Å²) in [5.41, 5.74) is 12.6. The van der Waals surface area contributed by atoms with Gasteiger partial charge in [-0.3, -0.25) is 0 Å². The lowest BCUT2D eigenvalue weighted by Crippen LogP contribution is -2.10. The average Bonchev–Trinajstić information content (AvgIpc) is 2.09. The molecule has 0 unspecified atom stereocenters. The van der Waals surface area contributed by atoms with Gasteiger partial charge in [0.1, 0.15) is 0 Å². The lowest BCUT2D eigenvalue weighted by molar-refractivity contribution is 0.749. The minimum atomic E-state index is -0.360. The molecule has 1 rings (SSSR count). The van der Waals surface area contributed by atoms with Crippen LogP contribution in [0.15, 0.2) is 18.2 Å². The number of nitriles is 1. The largest absolute Gasteiger partial charge is 0.399 e. The molecule has 0 aliphatic heterocycles. The number of hydrogen-bond donors (Lipinski definition) is 2. The van der Waals surface area contributed by atoms with Crippen LogP contribution in [-0.4, -0.2) is 0 Å². The van der Waals surface area contributed by atoms with Crippen LogP contribution in [-0.2, 0) is 0 Å². The second kappa shape index (κ2) is 4.13. The van der Waals surface area contributed by atoms with Crippen LogP contribution < -0.4 is 11.5 Å². The van der Waals surface area contributed by atoms with Crippen molar-refractivity contribution in [2.24, 2.45) is 5.73 Å². The van der Waals surface area contributed by atoms with Gasteiger partial charge in [-0.2, -0.15) is 5.26 Å². The van der Waals surface area contributed by atoms with E-state index in [-0.39, 0.29) is 12.5 Å². The highest BCUT2D eigenvalue weighted by Crippen LogP contribution is 2.25. The van der Waals surface area contributed by atoms with Gasteiger partial charge >= 0.3 is 0 Å². The van der Waals surface area contributed by atoms with Crippen LogP contribution >= 0.6 is 11.6 Å². The maximum absolute atomic E-state index is 8.45. The molecule has 4 heteroatoms. The molecule has 68 valence electrons. The maximum atomic E-state index is 8.45. The molecular formula is C9H10ClN3. The van der Waals surface area contributed by atoms with Crippen molar-refractivity contribution in [1.29, 1.82) is 5.26 Å². The molecule has 1 aromatic rings. The van der Waals surface area contributed by atoms with Crippen LogP contribution in [0.5, 0.6) is 0 Å². The van der Waals surface area contributed by atoms with Crippen molar-refractivity contribution in [2.45, 2.75) is 12.5 Å². The van der Waals surface area contributed by atoms with Gasteiger partial charge in [-0.1, -0.05) is 11.6 Å². The van der Waals surface area contributed by atoms with E-state index in [1.165, 1.54) is 0 Å². The number of halogens is 1. The van der Waals surface area contributed by atoms with Crippen LogP contribution in [0.1, 0.15) is 18.0 Å². The third-order valence-corrected chi connectivity index (χ3v) is 2.07. The Morgan fingerprint density at radius 3 is 2.85 bits per heavy atom. The van der Waals surface area contributed by atoms with Crippen molar-refractivity contribution < 1.29 is 0 Å². The molecule has 0 saturated carbocycles. The van der Waals surface area contributed by atoms with E-state index in [1.807, 2.05) is 6.07 Å². The van der Waals surface area contributed by atoms with Gasteiger partial charge in [-0.05, 0) is 23.8 Å². The van der Waals surface area contributed by atoms with Crippen LogP contribution in [0.2, 0.25) is 5.02 Å². The Kier molecular flexibility index (Phi) is 3.13. The molecule has 0 saturated heterocycles. The zero-order valence-corrected chi connectivity index (χ0v) is 7.75. The second-order valence-electron chi connectivity index (χ2n) is 2.75. The topological polar surface area (TPSA) is 75.8 Å². The Morgan fingerprint density at radius 1 is 1.54 bits per heavy atom. The van der Waals surface area contributed by atoms with Gasteiger partial charge in [-0.15, -0.1) is 0 Å². The van der Waals surface area contributed by atoms with Crippen molar-refractivity contribution in [3.05, 3.63) is 28.8 Å². The molecule has 0 aliphatic carbocycles. The second-order valence-corrected chi connectivity index (χ2v) is 3.16. The van der Waals surface area contributed by atoms with Gasteiger partial charge in [0.2, 0.25) is 0 Å². The minimum absolute atomic E-state index is 0.239. The van der Waals surface area contributed by atoms with Gasteiger partial charge in [0.25, 0.3) is 0 Å². The standard InChI is InChI=1S/C9H10ClN3/c10-8-2-1-6(12)5-7(8)9(13)3-4-11/h1-2,5,9H,3,12-13H2/t9-/m1/s1. The molecule has 0 fully saturated rings. The van der Waals surface area contributed by atoms with E-state index in [1.54, 1.807) is 18.2 Å². The van der Waals surface area contributed by atoms with Crippen LogP contribution in [0, 0.1) is 11.3 Å². The lowest BCUT2D eigenvalue weighted by Gasteiger charge is -2.10. The maximum Gasteiger partial charge on any atom is 0.0641 e. The first-order chi connectivity index (χ1) is 6.15. The first-order valence-corrected chi connectivity index (χ1v) is 4.20. The molecular weight excluding hydrogens is 186 g/mol. The number of nitrogens with two attached hydrogens (primary N) is 2. The summed E-state index contributed by atoms with van der Waals surface area (Å²) >= 11 is 5.88. The monoisotopic (exact) mass is 195 g/mol. The average molecular weight is 196 g/mol. The fraction of sp³-hybridized carbons (Fsp3) is 0.222. The number of anilines is 1. The number of rotatable bonds is 2. The van der Waals surface area contributed by atoms with Crippen molar-refractivity contribution >= 4 is 17.3 Å². The van der Waals surface area contributed by atoms with Gasteiger partial charge in [0, 0.05) is 16.8 Å². The molecule has 0 aromatic heterocycles. The van der Waals surface area contributed by atoms with Crippen molar-refractivity contribution in [3.8, 4) is 6.07 Å². The van der Waals surface area contributed by atoms with E-state index in [9.17, 15) is 0 Å². The van der Waals surface area contributed by atoms with E-state index >= 15 is 0 Å². The summed E-state index contributed by atoms with van der Waals surface area (Å²) in [7, 11) is 0. The number of hydrogen-bond acceptors (Lipinski definition) is 3. The van der Waals surface area contributed by atoms with E-state index < -0.39 is 0 Å². The third-order valence-electron chi connectivity index (χ3n) is 1.73. The summed E-state index contributed by atoms with van der Waals surface area (Å²) in [6, 6.07) is 6.71. The highest BCUT2D eigenvalue weighted by Gasteiger charge is 2.09. The first-order valence-electron chi connectivity index (χ1n) is 3.82. The Balaban J connectivity index is 3.00. The fourth-order valence-electron chi connectivity index (χ4n) is 1.05. The molecule has 3 nitrogen and oxygen atoms in total. The minimum Gasteiger partial charge on any atom is -0.399 e. The molecule has 0 heterocycles. The Morgan fingerprint density at radius 2 is 2.23 bits per heavy atom. The fourth-order valence-corrected chi connectivity index (χ4v) is 1.31. The SMILES string of the molecule is N#CC[C@@H](N)c1cc(N)ccc1Cl. The van der Waals surface area contributed by atoms with Gasteiger partial charge < -0.3 is 11.5 Å². The zero-order chi connectivity index (χ0) is 9.84. The summed E-state index contributed by atoms with van der Waals surface area (Å²) in [5.74, 6) is 0. The molecule has 13 heavy (non-hydrogen) atoms. The predicted molar refractivity (Wildman–Crippen MR) is 53.0 cm³/mol. The summed E-state index contributed by atoms with van der Waals surface area (Å²) in [6.45, 7) is 0. The molecule has 0 radical (unpaired) electrons. The van der Waals surface area contributed by atoms with E-state index in [0.717, 1.165) is 5.56 Å². The van der Waals surface area contributed by atoms with Crippen LogP contribution in [0.3, 0.4) is 0 Å². The van der Waals surface area contributed by atoms with Gasteiger partial charge in [0.15, 0.2) is 0 Å². The van der Waals surface area contributed by atoms with Crippen molar-refractivity contribution in [3.63, 3.8) is 0 Å². The summed E-state index contributed by atoms with van der Waals surface area (Å²) in [5, 5.41) is 9.01. The van der Waals surface area contributed by atoms with Crippen LogP contribution in [0.4, 0.5) is 5.69 Å². The van der Waals surface area contributed by atoms with Gasteiger partial charge in [0.05, 0.1) is 12.5 Å². The Hall–Kier alpha value is -1.24. The smallest absolute Gasteiger partial charge is 0.0641 e. The molecule has 4 N–H and O–H groups in total. The highest BCUT2D eigenvalue weighted by molar-refractivity contribution is 6.31. The first kappa shape index (κ1) is 9.85. The highest BCUT2D eigenvalue weighted by atomic mass is 35.5. The molecule has 1 aromatic carbocycles. The molecule has 0 bridgehead atoms. The van der Waals surface area contributed by atoms with E-state index in [4.69, 9.17) is 28.3 Å². The normalized spacial score (nSPS) is 12.1. The predicted octanol–water partition coefficient (Wildman–Crippen LogP) is 1.84. The summed E-state index contributed by atoms with van der Waals surface area (Å²) < 4.78 is 0. The van der Waals surface area contributed by atoms with Crippen LogP contribution in [0.25, 0.3) is 0 Å². The summed E-state index contributed by atoms with van der Waals surface area (Å²) in [4.78, 5) is 0. The Bertz CT molecular complexity index is 343. The molecule has 1 atom stereocenters. The number of benzene rings is 1. The molecule has 0 aliphatic rings. The van der Waals surface area contributed by atoms with E-state index in [2.05, 4.69) is 0 Å². The number of nitrogens with zero attached hydrogens (tertiary/aromatic N) is 1. The van der Waals surface area contributed by atoms with Crippen molar-refractivity contribution in [2.75, 3.05) is 5.73 Å². The Labute approximate surface area is 81.9 Å². The van der Waals surface area contributed by atoms with Crippen molar-refractivity contribution in [1.82, 2.24) is 0 Å². The molecule has 0 amide bonds. The van der Waals surface area contributed by atoms with E-state index in [0.29, 0.717) is 10.7 Å². The third kappa shape index (κ3) is 2.35. The molecule has 0 spiro atoms. The quantitative estimate of drug-likeness (QED) is 0.707. The summed E-state index contributed by atoms with van der Waals surface area (Å²) in [6.07, 6.45) is 0.239. The van der Waals surface area contributed by atoms with Gasteiger partial charge in [-0.25, -0.2) is 0 Å². The lowest BCUT2D eigenvalue weighted by atomic mass is 10.0. The number of nitrogen functional groups attached to an aromatic ring is 1.